The molecular weight excluding hydrogens is 504 g/mol. The van der Waals surface area contributed by atoms with Gasteiger partial charge in [-0.05, 0) is 39.5 Å². The van der Waals surface area contributed by atoms with Gasteiger partial charge >= 0.3 is 5.69 Å². The van der Waals surface area contributed by atoms with Crippen LogP contribution in [0, 0.1) is 11.3 Å². The van der Waals surface area contributed by atoms with Crippen molar-refractivity contribution in [1.82, 2.24) is 29.1 Å². The van der Waals surface area contributed by atoms with Crippen LogP contribution in [-0.2, 0) is 16.9 Å². The van der Waals surface area contributed by atoms with Crippen molar-refractivity contribution in [3.05, 3.63) is 45.0 Å². The van der Waals surface area contributed by atoms with E-state index in [0.717, 1.165) is 0 Å². The van der Waals surface area contributed by atoms with E-state index in [1.807, 2.05) is 59.1 Å². The first-order valence-electron chi connectivity index (χ1n) is 12.5. The highest BCUT2D eigenvalue weighted by Gasteiger charge is 2.40. The number of nitrogens with zero attached hydrogens (tertiary/aromatic N) is 5. The number of carbonyl (C=O) groups is 1. The smallest absolute Gasteiger partial charge is 0.328 e. The molecular formula is C26H36N8O3S. The Morgan fingerprint density at radius 1 is 1.26 bits per heavy atom. The Morgan fingerprint density at radius 3 is 2.63 bits per heavy atom. The summed E-state index contributed by atoms with van der Waals surface area (Å²) in [6, 6.07) is 0. The molecule has 3 aromatic heterocycles. The van der Waals surface area contributed by atoms with Gasteiger partial charge in [0.05, 0.1) is 11.9 Å². The van der Waals surface area contributed by atoms with Crippen molar-refractivity contribution < 1.29 is 4.79 Å². The third kappa shape index (κ3) is 6.01. The number of H-pyrrole nitrogens is 1. The van der Waals surface area contributed by atoms with Crippen molar-refractivity contribution in [3.63, 3.8) is 0 Å². The third-order valence-corrected chi connectivity index (χ3v) is 7.93. The summed E-state index contributed by atoms with van der Waals surface area (Å²) < 4.78 is 3.03. The lowest BCUT2D eigenvalue weighted by Crippen LogP contribution is -2.37. The van der Waals surface area contributed by atoms with Crippen molar-refractivity contribution in [1.29, 1.82) is 0 Å². The summed E-state index contributed by atoms with van der Waals surface area (Å²) >= 11 is 1.63. The lowest BCUT2D eigenvalue weighted by atomic mass is 9.95. The maximum atomic E-state index is 13.2. The predicted molar refractivity (Wildman–Crippen MR) is 152 cm³/mol. The zero-order valence-electron chi connectivity index (χ0n) is 23.0. The van der Waals surface area contributed by atoms with Gasteiger partial charge in [0.25, 0.3) is 5.56 Å². The SMILES string of the molecule is CC(C)(C)/C=C/c1cn(CC2(C)CC(C(=O)Nc3nc(N)c4ncn(C(C)(C)C)c4n3)CS2)c(=O)[nH]c1=O. The molecule has 0 radical (unpaired) electrons. The molecule has 1 aliphatic rings. The Balaban J connectivity index is 1.50. The summed E-state index contributed by atoms with van der Waals surface area (Å²) in [5.41, 5.74) is 6.31. The van der Waals surface area contributed by atoms with Gasteiger partial charge in [0.1, 0.15) is 5.52 Å². The van der Waals surface area contributed by atoms with Crippen LogP contribution in [0.2, 0.25) is 0 Å². The van der Waals surface area contributed by atoms with Crippen molar-refractivity contribution >= 4 is 46.7 Å². The quantitative estimate of drug-likeness (QED) is 0.446. The summed E-state index contributed by atoms with van der Waals surface area (Å²) in [6.45, 7) is 14.6. The minimum Gasteiger partial charge on any atom is -0.382 e. The highest BCUT2D eigenvalue weighted by molar-refractivity contribution is 8.00. The second kappa shape index (κ2) is 9.72. The van der Waals surface area contributed by atoms with Crippen LogP contribution < -0.4 is 22.3 Å². The molecule has 0 saturated carbocycles. The van der Waals surface area contributed by atoms with Crippen molar-refractivity contribution in [2.45, 2.75) is 71.7 Å². The van der Waals surface area contributed by atoms with Gasteiger partial charge in [-0.25, -0.2) is 9.78 Å². The molecule has 204 valence electrons. The number of nitrogen functional groups attached to an aromatic ring is 1. The molecule has 1 aliphatic heterocycles. The lowest BCUT2D eigenvalue weighted by molar-refractivity contribution is -0.119. The molecule has 1 amide bonds. The number of thioether (sulfide) groups is 1. The number of allylic oxidation sites excluding steroid dienone is 1. The highest BCUT2D eigenvalue weighted by atomic mass is 32.2. The topological polar surface area (TPSA) is 154 Å². The Bertz CT molecular complexity index is 1520. The van der Waals surface area contributed by atoms with Crippen LogP contribution >= 0.6 is 11.8 Å². The number of hydrogen-bond donors (Lipinski definition) is 3. The zero-order valence-corrected chi connectivity index (χ0v) is 23.8. The average molecular weight is 541 g/mol. The Labute approximate surface area is 225 Å². The van der Waals surface area contributed by atoms with E-state index in [2.05, 4.69) is 25.3 Å². The number of anilines is 2. The van der Waals surface area contributed by atoms with Gasteiger partial charge in [0.2, 0.25) is 11.9 Å². The number of nitrogens with two attached hydrogens (primary N) is 1. The number of aromatic amines is 1. The number of imidazole rings is 1. The Morgan fingerprint density at radius 2 is 1.97 bits per heavy atom. The first kappa shape index (κ1) is 27.6. The maximum absolute atomic E-state index is 13.2. The summed E-state index contributed by atoms with van der Waals surface area (Å²) in [6.07, 6.45) is 7.47. The number of fused-ring (bicyclic) bond motifs is 1. The molecule has 0 spiro atoms. The molecule has 1 saturated heterocycles. The van der Waals surface area contributed by atoms with Gasteiger partial charge in [-0.2, -0.15) is 21.7 Å². The van der Waals surface area contributed by atoms with E-state index < -0.39 is 11.2 Å². The minimum atomic E-state index is -0.467. The van der Waals surface area contributed by atoms with Crippen LogP contribution in [0.25, 0.3) is 17.2 Å². The number of amides is 1. The van der Waals surface area contributed by atoms with E-state index in [1.165, 1.54) is 4.57 Å². The second-order valence-electron chi connectivity index (χ2n) is 12.2. The average Bonchev–Trinajstić information content (AvgIpc) is 3.38. The number of nitrogens with one attached hydrogen (secondary N) is 2. The normalized spacial score (nSPS) is 20.4. The zero-order chi connectivity index (χ0) is 28.0. The van der Waals surface area contributed by atoms with Crippen LogP contribution in [0.1, 0.15) is 60.5 Å². The number of carbonyl (C=O) groups excluding carboxylic acids is 1. The molecule has 2 unspecified atom stereocenters. The fourth-order valence-corrected chi connectivity index (χ4v) is 5.79. The molecule has 4 heterocycles. The maximum Gasteiger partial charge on any atom is 0.328 e. The van der Waals surface area contributed by atoms with Crippen LogP contribution in [-0.4, -0.2) is 45.5 Å². The van der Waals surface area contributed by atoms with Crippen LogP contribution in [0.5, 0.6) is 0 Å². The van der Waals surface area contributed by atoms with Gasteiger partial charge in [0, 0.05) is 34.7 Å². The van der Waals surface area contributed by atoms with Crippen LogP contribution in [0.15, 0.2) is 28.2 Å². The summed E-state index contributed by atoms with van der Waals surface area (Å²) in [4.78, 5) is 53.5. The van der Waals surface area contributed by atoms with E-state index in [-0.39, 0.29) is 39.3 Å². The molecule has 0 bridgehead atoms. The molecule has 11 nitrogen and oxygen atoms in total. The molecule has 2 atom stereocenters. The van der Waals surface area contributed by atoms with E-state index in [0.29, 0.717) is 35.4 Å². The number of rotatable bonds is 5. The summed E-state index contributed by atoms with van der Waals surface area (Å²) in [5, 5.41) is 2.82. The molecule has 1 fully saturated rings. The van der Waals surface area contributed by atoms with Crippen LogP contribution in [0.3, 0.4) is 0 Å². The molecule has 4 rings (SSSR count). The molecule has 38 heavy (non-hydrogen) atoms. The van der Waals surface area contributed by atoms with Gasteiger partial charge in [-0.15, -0.1) is 0 Å². The number of aromatic nitrogens is 6. The fourth-order valence-electron chi connectivity index (χ4n) is 4.36. The van der Waals surface area contributed by atoms with Gasteiger partial charge in [-0.1, -0.05) is 32.9 Å². The van der Waals surface area contributed by atoms with Crippen molar-refractivity contribution in [2.75, 3.05) is 16.8 Å². The Hall–Kier alpha value is -3.41. The standard InChI is InChI=1S/C26H36N8O3S/c1-24(2,3)9-8-15-11-33(23(37)32-20(15)35)13-26(7)10-16(12-38-26)21(36)31-22-29-18(27)17-19(30-22)34(14-28-17)25(4,5)6/h8-9,11,14,16H,10,12-13H2,1-7H3,(H,32,35,37)(H3,27,29,30,31,36)/b9-8+. The Kier molecular flexibility index (Phi) is 7.06. The lowest BCUT2D eigenvalue weighted by Gasteiger charge is -2.24. The summed E-state index contributed by atoms with van der Waals surface area (Å²) in [5.74, 6) is 0.403. The molecule has 4 N–H and O–H groups in total. The molecule has 12 heteroatoms. The van der Waals surface area contributed by atoms with Gasteiger partial charge in [0.15, 0.2) is 11.5 Å². The highest BCUT2D eigenvalue weighted by Crippen LogP contribution is 2.42. The molecule has 0 aliphatic carbocycles. The first-order valence-corrected chi connectivity index (χ1v) is 13.5. The van der Waals surface area contributed by atoms with E-state index in [1.54, 1.807) is 30.4 Å². The van der Waals surface area contributed by atoms with Gasteiger partial charge in [-0.3, -0.25) is 24.5 Å². The largest absolute Gasteiger partial charge is 0.382 e. The monoisotopic (exact) mass is 540 g/mol. The molecule has 3 aromatic rings. The first-order chi connectivity index (χ1) is 17.5. The van der Waals surface area contributed by atoms with E-state index in [9.17, 15) is 14.4 Å². The summed E-state index contributed by atoms with van der Waals surface area (Å²) in [7, 11) is 0. The number of hydrogen-bond acceptors (Lipinski definition) is 8. The van der Waals surface area contributed by atoms with E-state index >= 15 is 0 Å². The predicted octanol–water partition coefficient (Wildman–Crippen LogP) is 3.22. The molecule has 0 aromatic carbocycles. The van der Waals surface area contributed by atoms with Crippen molar-refractivity contribution in [2.24, 2.45) is 11.3 Å². The minimum absolute atomic E-state index is 0.105. The van der Waals surface area contributed by atoms with E-state index in [4.69, 9.17) is 5.73 Å². The van der Waals surface area contributed by atoms with Crippen molar-refractivity contribution in [3.8, 4) is 0 Å². The van der Waals surface area contributed by atoms with Gasteiger partial charge < -0.3 is 10.3 Å². The van der Waals surface area contributed by atoms with Crippen LogP contribution in [0.4, 0.5) is 11.8 Å². The second-order valence-corrected chi connectivity index (χ2v) is 13.8. The fraction of sp³-hybridized carbons (Fsp3) is 0.538. The third-order valence-electron chi connectivity index (χ3n) is 6.37.